The van der Waals surface area contributed by atoms with Crippen LogP contribution in [-0.2, 0) is 25.5 Å². The molecule has 1 heterocycles. The van der Waals surface area contributed by atoms with E-state index in [9.17, 15) is 24.6 Å². The molecular formula is C30H37NO6. The van der Waals surface area contributed by atoms with Gasteiger partial charge in [0.1, 0.15) is 17.1 Å². The van der Waals surface area contributed by atoms with Gasteiger partial charge in [0.2, 0.25) is 5.91 Å². The van der Waals surface area contributed by atoms with Crippen molar-refractivity contribution in [1.82, 2.24) is 5.32 Å². The molecule has 1 spiro atoms. The summed E-state index contributed by atoms with van der Waals surface area (Å²) in [5.41, 5.74) is -1.55. The molecule has 4 rings (SSSR count). The number of aliphatic hydroxyl groups is 2. The molecule has 1 saturated carbocycles. The summed E-state index contributed by atoms with van der Waals surface area (Å²) in [6, 6.07) is 9.49. The molecule has 1 aromatic rings. The Morgan fingerprint density at radius 2 is 1.86 bits per heavy atom. The standard InChI is InChI=1S/C30H37NO6/c1-17-10-9-13-22-26(33)19(3)18(2)25-23(16-21-11-7-6-8-12-21)31-28(35)30(22,25)24(37-20(4)32)14-15-29(5,36)27(17)34/h6-9,11-15,17-18,22-26,33,36H,3,10,16H2,1-2,4-5H3,(H,31,35)/b13-9-,15-14-/t17-,18+,22-,23-,24+,25-,26+,29+,30?/m0/s1. The smallest absolute Gasteiger partial charge is 0.303 e. The van der Waals surface area contributed by atoms with Crippen LogP contribution in [0.5, 0.6) is 0 Å². The number of carbonyl (C=O) groups is 3. The highest BCUT2D eigenvalue weighted by molar-refractivity contribution is 5.91. The van der Waals surface area contributed by atoms with Gasteiger partial charge in [0.15, 0.2) is 5.78 Å². The monoisotopic (exact) mass is 507 g/mol. The van der Waals surface area contributed by atoms with Gasteiger partial charge in [0.25, 0.3) is 0 Å². The third-order valence-electron chi connectivity index (χ3n) is 8.53. The molecule has 0 bridgehead atoms. The zero-order valence-electron chi connectivity index (χ0n) is 21.9. The second kappa shape index (κ2) is 10.0. The van der Waals surface area contributed by atoms with Gasteiger partial charge in [-0.2, -0.15) is 0 Å². The SMILES string of the molecule is C=C1[C@@H](C)[C@H]2[C@H](Cc3ccccc3)NC(=O)C23[C@H](OC(C)=O)/C=C\[C@@](C)(O)C(=O)[C@@H](C)C/C=C\[C@H]3[C@@H]1O. The molecule has 3 N–H and O–H groups in total. The quantitative estimate of drug-likeness (QED) is 0.428. The maximum absolute atomic E-state index is 14.2. The van der Waals surface area contributed by atoms with Gasteiger partial charge in [-0.1, -0.05) is 62.9 Å². The number of aliphatic hydroxyl groups excluding tert-OH is 1. The van der Waals surface area contributed by atoms with Crippen LogP contribution in [0.25, 0.3) is 0 Å². The molecular weight excluding hydrogens is 470 g/mol. The van der Waals surface area contributed by atoms with Gasteiger partial charge >= 0.3 is 5.97 Å². The number of esters is 1. The van der Waals surface area contributed by atoms with Crippen molar-refractivity contribution in [3.8, 4) is 0 Å². The molecule has 0 radical (unpaired) electrons. The lowest BCUT2D eigenvalue weighted by Crippen LogP contribution is -2.60. The Balaban J connectivity index is 1.94. The summed E-state index contributed by atoms with van der Waals surface area (Å²) in [6.45, 7) is 10.5. The number of ether oxygens (including phenoxy) is 1. The van der Waals surface area contributed by atoms with Crippen LogP contribution in [0.4, 0.5) is 0 Å². The van der Waals surface area contributed by atoms with E-state index in [1.165, 1.54) is 26.0 Å². The molecule has 9 atom stereocenters. The van der Waals surface area contributed by atoms with Gasteiger partial charge in [-0.15, -0.1) is 0 Å². The number of carbonyl (C=O) groups excluding carboxylic acids is 3. The molecule has 198 valence electrons. The molecule has 1 aliphatic heterocycles. The largest absolute Gasteiger partial charge is 0.457 e. The van der Waals surface area contributed by atoms with Gasteiger partial charge in [-0.3, -0.25) is 14.4 Å². The van der Waals surface area contributed by atoms with Crippen molar-refractivity contribution in [3.63, 3.8) is 0 Å². The van der Waals surface area contributed by atoms with Crippen molar-refractivity contribution >= 4 is 17.7 Å². The highest BCUT2D eigenvalue weighted by Gasteiger charge is 2.68. The van der Waals surface area contributed by atoms with Crippen molar-refractivity contribution in [2.45, 2.75) is 64.4 Å². The third kappa shape index (κ3) is 4.59. The van der Waals surface area contributed by atoms with E-state index in [0.717, 1.165) is 5.56 Å². The Labute approximate surface area is 218 Å². The number of rotatable bonds is 3. The molecule has 2 fully saturated rings. The molecule has 37 heavy (non-hydrogen) atoms. The number of benzene rings is 1. The van der Waals surface area contributed by atoms with Crippen LogP contribution >= 0.6 is 0 Å². The number of amides is 1. The first-order chi connectivity index (χ1) is 17.4. The lowest BCUT2D eigenvalue weighted by molar-refractivity contribution is -0.166. The minimum Gasteiger partial charge on any atom is -0.457 e. The second-order valence-corrected chi connectivity index (χ2v) is 11.0. The normalized spacial score (nSPS) is 41.6. The topological polar surface area (TPSA) is 113 Å². The zero-order valence-corrected chi connectivity index (χ0v) is 21.9. The fraction of sp³-hybridized carbons (Fsp3) is 0.500. The van der Waals surface area contributed by atoms with E-state index in [1.807, 2.05) is 37.3 Å². The first kappa shape index (κ1) is 27.0. The summed E-state index contributed by atoms with van der Waals surface area (Å²) in [6.07, 6.45) is 5.01. The van der Waals surface area contributed by atoms with Gasteiger partial charge in [0.05, 0.1) is 6.10 Å². The number of Topliss-reactive ketones (excluding diaryl/α,β-unsaturated/α-hetero) is 1. The average Bonchev–Trinajstić information content (AvgIpc) is 3.13. The van der Waals surface area contributed by atoms with Crippen LogP contribution in [0.1, 0.15) is 39.7 Å². The molecule has 2 aliphatic carbocycles. The van der Waals surface area contributed by atoms with E-state index in [2.05, 4.69) is 11.9 Å². The van der Waals surface area contributed by atoms with Gasteiger partial charge in [0, 0.05) is 30.7 Å². The van der Waals surface area contributed by atoms with E-state index in [-0.39, 0.29) is 23.7 Å². The maximum Gasteiger partial charge on any atom is 0.303 e. The van der Waals surface area contributed by atoms with Crippen LogP contribution in [0.2, 0.25) is 0 Å². The Kier molecular flexibility index (Phi) is 7.32. The highest BCUT2D eigenvalue weighted by atomic mass is 16.5. The number of ketones is 1. The Morgan fingerprint density at radius 3 is 2.51 bits per heavy atom. The third-order valence-corrected chi connectivity index (χ3v) is 8.53. The Bertz CT molecular complexity index is 1140. The van der Waals surface area contributed by atoms with E-state index in [0.29, 0.717) is 18.4 Å². The summed E-state index contributed by atoms with van der Waals surface area (Å²) < 4.78 is 5.81. The van der Waals surface area contributed by atoms with Gasteiger partial charge in [-0.25, -0.2) is 0 Å². The van der Waals surface area contributed by atoms with E-state index in [4.69, 9.17) is 4.74 Å². The van der Waals surface area contributed by atoms with Crippen LogP contribution in [0.3, 0.4) is 0 Å². The molecule has 1 aromatic carbocycles. The predicted octanol–water partition coefficient (Wildman–Crippen LogP) is 2.92. The number of hydrogen-bond acceptors (Lipinski definition) is 6. The highest BCUT2D eigenvalue weighted by Crippen LogP contribution is 2.58. The molecule has 1 amide bonds. The number of hydrogen-bond donors (Lipinski definition) is 3. The lowest BCUT2D eigenvalue weighted by atomic mass is 9.51. The minimum atomic E-state index is -1.82. The first-order valence-electron chi connectivity index (χ1n) is 12.9. The zero-order chi connectivity index (χ0) is 27.1. The van der Waals surface area contributed by atoms with Crippen LogP contribution in [-0.4, -0.2) is 51.7 Å². The fourth-order valence-corrected chi connectivity index (χ4v) is 6.68. The molecule has 1 unspecified atom stereocenters. The molecule has 0 aromatic heterocycles. The predicted molar refractivity (Wildman–Crippen MR) is 139 cm³/mol. The van der Waals surface area contributed by atoms with E-state index < -0.39 is 46.9 Å². The first-order valence-corrected chi connectivity index (χ1v) is 12.9. The molecule has 3 aliphatic rings. The van der Waals surface area contributed by atoms with Crippen molar-refractivity contribution in [2.75, 3.05) is 0 Å². The number of allylic oxidation sites excluding steroid dienone is 1. The lowest BCUT2D eigenvalue weighted by Gasteiger charge is -2.52. The van der Waals surface area contributed by atoms with Crippen molar-refractivity contribution in [1.29, 1.82) is 0 Å². The van der Waals surface area contributed by atoms with Crippen LogP contribution in [0.15, 0.2) is 66.8 Å². The summed E-state index contributed by atoms with van der Waals surface area (Å²) in [4.78, 5) is 39.5. The molecule has 7 nitrogen and oxygen atoms in total. The summed E-state index contributed by atoms with van der Waals surface area (Å²) in [7, 11) is 0. The van der Waals surface area contributed by atoms with Crippen molar-refractivity contribution in [3.05, 3.63) is 72.4 Å². The Hall–Kier alpha value is -3.03. The van der Waals surface area contributed by atoms with E-state index >= 15 is 0 Å². The molecule has 7 heteroatoms. The summed E-state index contributed by atoms with van der Waals surface area (Å²) >= 11 is 0. The average molecular weight is 508 g/mol. The van der Waals surface area contributed by atoms with Gasteiger partial charge < -0.3 is 20.3 Å². The number of nitrogens with one attached hydrogen (secondary N) is 1. The minimum absolute atomic E-state index is 0.287. The van der Waals surface area contributed by atoms with Crippen molar-refractivity contribution < 1.29 is 29.3 Å². The maximum atomic E-state index is 14.2. The van der Waals surface area contributed by atoms with Crippen LogP contribution in [0, 0.1) is 29.1 Å². The summed E-state index contributed by atoms with van der Waals surface area (Å²) in [5, 5.41) is 25.7. The fourth-order valence-electron chi connectivity index (χ4n) is 6.68. The molecule has 1 saturated heterocycles. The second-order valence-electron chi connectivity index (χ2n) is 11.0. The van der Waals surface area contributed by atoms with E-state index in [1.54, 1.807) is 19.1 Å². The van der Waals surface area contributed by atoms with Crippen molar-refractivity contribution in [2.24, 2.45) is 29.1 Å². The van der Waals surface area contributed by atoms with Crippen LogP contribution < -0.4 is 5.32 Å². The summed E-state index contributed by atoms with van der Waals surface area (Å²) in [5.74, 6) is -3.26. The Morgan fingerprint density at radius 1 is 1.19 bits per heavy atom. The van der Waals surface area contributed by atoms with Gasteiger partial charge in [-0.05, 0) is 49.0 Å².